The molecule has 0 amide bonds. The molecule has 18 heavy (non-hydrogen) atoms. The van der Waals surface area contributed by atoms with Crippen LogP contribution in [0.5, 0.6) is 0 Å². The quantitative estimate of drug-likeness (QED) is 0.793. The third kappa shape index (κ3) is 1.61. The third-order valence-corrected chi connectivity index (χ3v) is 4.65. The molecule has 0 radical (unpaired) electrons. The summed E-state index contributed by atoms with van der Waals surface area (Å²) in [5.74, 6) is 0.249. The van der Waals surface area contributed by atoms with Crippen LogP contribution in [-0.2, 0) is 13.5 Å². The molecule has 0 spiro atoms. The van der Waals surface area contributed by atoms with E-state index in [4.69, 9.17) is 0 Å². The Labute approximate surface area is 110 Å². The molecule has 1 aliphatic rings. The molecule has 0 N–H and O–H groups in total. The Morgan fingerprint density at radius 1 is 1.28 bits per heavy atom. The first-order chi connectivity index (χ1) is 8.58. The summed E-state index contributed by atoms with van der Waals surface area (Å²) in [6.45, 7) is 4.03. The molecule has 0 aromatic carbocycles. The molecule has 4 nitrogen and oxygen atoms in total. The monoisotopic (exact) mass is 261 g/mol. The highest BCUT2D eigenvalue weighted by Crippen LogP contribution is 2.35. The molecule has 0 unspecified atom stereocenters. The summed E-state index contributed by atoms with van der Waals surface area (Å²) < 4.78 is 1.87. The van der Waals surface area contributed by atoms with E-state index in [0.717, 1.165) is 45.4 Å². The minimum absolute atomic E-state index is 0.249. The number of ketones is 1. The van der Waals surface area contributed by atoms with Crippen LogP contribution < -0.4 is 0 Å². The van der Waals surface area contributed by atoms with Gasteiger partial charge in [0.1, 0.15) is 5.01 Å². The van der Waals surface area contributed by atoms with Gasteiger partial charge in [-0.15, -0.1) is 11.3 Å². The van der Waals surface area contributed by atoms with Gasteiger partial charge in [0.15, 0.2) is 5.78 Å². The summed E-state index contributed by atoms with van der Waals surface area (Å²) in [4.78, 5) is 17.4. The average Bonchev–Trinajstić information content (AvgIpc) is 2.83. The number of aryl methyl sites for hydroxylation is 3. The summed E-state index contributed by atoms with van der Waals surface area (Å²) in [6.07, 6.45) is 2.52. The number of fused-ring (bicyclic) bond motifs is 1. The molecule has 3 rings (SSSR count). The predicted molar refractivity (Wildman–Crippen MR) is 71.1 cm³/mol. The number of nitrogens with zero attached hydrogens (tertiary/aromatic N) is 3. The van der Waals surface area contributed by atoms with E-state index in [9.17, 15) is 4.79 Å². The molecule has 2 aromatic heterocycles. The van der Waals surface area contributed by atoms with Gasteiger partial charge in [0, 0.05) is 19.2 Å². The molecule has 0 saturated carbocycles. The van der Waals surface area contributed by atoms with Crippen molar-refractivity contribution < 1.29 is 4.79 Å². The Morgan fingerprint density at radius 2 is 2.06 bits per heavy atom. The van der Waals surface area contributed by atoms with Gasteiger partial charge in [-0.3, -0.25) is 9.48 Å². The first-order valence-electron chi connectivity index (χ1n) is 6.11. The van der Waals surface area contributed by atoms with Crippen molar-refractivity contribution in [2.45, 2.75) is 33.1 Å². The van der Waals surface area contributed by atoms with E-state index in [1.54, 1.807) is 0 Å². The Hall–Kier alpha value is -1.49. The van der Waals surface area contributed by atoms with Crippen LogP contribution in [0.25, 0.3) is 10.6 Å². The molecule has 0 aliphatic heterocycles. The highest BCUT2D eigenvalue weighted by atomic mass is 32.1. The van der Waals surface area contributed by atoms with Crippen molar-refractivity contribution in [3.8, 4) is 10.6 Å². The molecule has 0 fully saturated rings. The molecule has 5 heteroatoms. The van der Waals surface area contributed by atoms with E-state index >= 15 is 0 Å². The number of carbonyl (C=O) groups is 1. The fourth-order valence-corrected chi connectivity index (χ4v) is 3.69. The topological polar surface area (TPSA) is 47.8 Å². The number of aromatic nitrogens is 3. The van der Waals surface area contributed by atoms with Gasteiger partial charge >= 0.3 is 0 Å². The SMILES string of the molecule is Cc1nn(C)c(C)c1-c1nc2c(s1)C(=O)CCC2. The second kappa shape index (κ2) is 4.02. The summed E-state index contributed by atoms with van der Waals surface area (Å²) in [7, 11) is 1.94. The van der Waals surface area contributed by atoms with Crippen molar-refractivity contribution in [3.63, 3.8) is 0 Å². The molecule has 0 saturated heterocycles. The van der Waals surface area contributed by atoms with Crippen LogP contribution in [0, 0.1) is 13.8 Å². The fraction of sp³-hybridized carbons (Fsp3) is 0.462. The number of thiazole rings is 1. The smallest absolute Gasteiger partial charge is 0.174 e. The number of rotatable bonds is 1. The summed E-state index contributed by atoms with van der Waals surface area (Å²) in [6, 6.07) is 0. The van der Waals surface area contributed by atoms with Crippen LogP contribution in [0.15, 0.2) is 0 Å². The first kappa shape index (κ1) is 11.6. The third-order valence-electron chi connectivity index (χ3n) is 3.49. The second-order valence-corrected chi connectivity index (χ2v) is 5.74. The molecule has 94 valence electrons. The van der Waals surface area contributed by atoms with Crippen molar-refractivity contribution in [2.24, 2.45) is 7.05 Å². The standard InChI is InChI=1S/C13H15N3OS/c1-7-11(8(2)16(3)15-7)13-14-9-5-4-6-10(17)12(9)18-13/h4-6H2,1-3H3. The molecule has 0 bridgehead atoms. The zero-order valence-corrected chi connectivity index (χ0v) is 11.6. The number of hydrogen-bond donors (Lipinski definition) is 0. The van der Waals surface area contributed by atoms with Gasteiger partial charge in [-0.2, -0.15) is 5.10 Å². The van der Waals surface area contributed by atoms with Gasteiger partial charge in [0.05, 0.1) is 21.8 Å². The Balaban J connectivity index is 2.16. The lowest BCUT2D eigenvalue weighted by molar-refractivity contribution is 0.0976. The van der Waals surface area contributed by atoms with E-state index in [2.05, 4.69) is 10.1 Å². The molecular weight excluding hydrogens is 246 g/mol. The Kier molecular flexibility index (Phi) is 2.59. The van der Waals surface area contributed by atoms with Crippen molar-refractivity contribution in [1.29, 1.82) is 0 Å². The average molecular weight is 261 g/mol. The first-order valence-corrected chi connectivity index (χ1v) is 6.93. The van der Waals surface area contributed by atoms with Crippen molar-refractivity contribution in [2.75, 3.05) is 0 Å². The fourth-order valence-electron chi connectivity index (χ4n) is 2.46. The van der Waals surface area contributed by atoms with Gasteiger partial charge in [-0.1, -0.05) is 0 Å². The normalized spacial score (nSPS) is 14.9. The lowest BCUT2D eigenvalue weighted by atomic mass is 10.0. The maximum absolute atomic E-state index is 11.9. The zero-order chi connectivity index (χ0) is 12.9. The Morgan fingerprint density at radius 3 is 2.67 bits per heavy atom. The van der Waals surface area contributed by atoms with Gasteiger partial charge in [-0.25, -0.2) is 4.98 Å². The van der Waals surface area contributed by atoms with Crippen LogP contribution in [0.2, 0.25) is 0 Å². The van der Waals surface area contributed by atoms with Gasteiger partial charge in [0.25, 0.3) is 0 Å². The van der Waals surface area contributed by atoms with Crippen LogP contribution in [0.4, 0.5) is 0 Å². The lowest BCUT2D eigenvalue weighted by Crippen LogP contribution is -2.07. The maximum Gasteiger partial charge on any atom is 0.174 e. The minimum Gasteiger partial charge on any atom is -0.293 e. The van der Waals surface area contributed by atoms with Crippen molar-refractivity contribution in [1.82, 2.24) is 14.8 Å². The van der Waals surface area contributed by atoms with E-state index in [-0.39, 0.29) is 5.78 Å². The van der Waals surface area contributed by atoms with Crippen LogP contribution >= 0.6 is 11.3 Å². The van der Waals surface area contributed by atoms with Crippen LogP contribution in [0.1, 0.15) is 39.6 Å². The van der Waals surface area contributed by atoms with Gasteiger partial charge in [0.2, 0.25) is 0 Å². The van der Waals surface area contributed by atoms with Crippen molar-refractivity contribution in [3.05, 3.63) is 22.0 Å². The largest absolute Gasteiger partial charge is 0.293 e. The van der Waals surface area contributed by atoms with Crippen LogP contribution in [0.3, 0.4) is 0 Å². The molecule has 1 aliphatic carbocycles. The highest BCUT2D eigenvalue weighted by Gasteiger charge is 2.24. The summed E-state index contributed by atoms with van der Waals surface area (Å²) in [5.41, 5.74) is 4.15. The zero-order valence-electron chi connectivity index (χ0n) is 10.8. The van der Waals surface area contributed by atoms with Gasteiger partial charge < -0.3 is 0 Å². The van der Waals surface area contributed by atoms with E-state index in [0.29, 0.717) is 6.42 Å². The Bertz CT molecular complexity index is 639. The van der Waals surface area contributed by atoms with E-state index in [1.165, 1.54) is 11.3 Å². The van der Waals surface area contributed by atoms with Gasteiger partial charge in [-0.05, 0) is 26.7 Å². The number of Topliss-reactive ketones (excluding diaryl/α,β-unsaturated/α-hetero) is 1. The van der Waals surface area contributed by atoms with Crippen molar-refractivity contribution >= 4 is 17.1 Å². The predicted octanol–water partition coefficient (Wildman–Crippen LogP) is 2.68. The molecule has 2 aromatic rings. The van der Waals surface area contributed by atoms with E-state index in [1.807, 2.05) is 25.6 Å². The number of hydrogen-bond acceptors (Lipinski definition) is 4. The maximum atomic E-state index is 11.9. The lowest BCUT2D eigenvalue weighted by Gasteiger charge is -2.06. The molecule has 2 heterocycles. The summed E-state index contributed by atoms with van der Waals surface area (Å²) in [5, 5.41) is 5.35. The number of carbonyl (C=O) groups excluding carboxylic acids is 1. The molecular formula is C13H15N3OS. The van der Waals surface area contributed by atoms with Crippen LogP contribution in [-0.4, -0.2) is 20.5 Å². The minimum atomic E-state index is 0.249. The highest BCUT2D eigenvalue weighted by molar-refractivity contribution is 7.17. The second-order valence-electron chi connectivity index (χ2n) is 4.74. The van der Waals surface area contributed by atoms with E-state index < -0.39 is 0 Å². The summed E-state index contributed by atoms with van der Waals surface area (Å²) >= 11 is 1.52. The molecule has 0 atom stereocenters.